The van der Waals surface area contributed by atoms with Crippen LogP contribution >= 0.6 is 11.6 Å². The third kappa shape index (κ3) is 4.31. The van der Waals surface area contributed by atoms with E-state index < -0.39 is 5.38 Å². The van der Waals surface area contributed by atoms with Crippen LogP contribution in [0.5, 0.6) is 0 Å². The molecule has 1 atom stereocenters. The van der Waals surface area contributed by atoms with Crippen molar-refractivity contribution in [2.75, 3.05) is 13.2 Å². The smallest absolute Gasteiger partial charge is 0.245 e. The molecule has 3 nitrogen and oxygen atoms in total. The molecular weight excluding hydrogens is 286 g/mol. The molecule has 0 fully saturated rings. The minimum Gasteiger partial charge on any atom is -0.395 e. The lowest BCUT2D eigenvalue weighted by Gasteiger charge is -2.24. The Morgan fingerprint density at radius 3 is 2.19 bits per heavy atom. The van der Waals surface area contributed by atoms with Crippen molar-refractivity contribution in [1.82, 2.24) is 4.90 Å². The largest absolute Gasteiger partial charge is 0.395 e. The summed E-state index contributed by atoms with van der Waals surface area (Å²) in [4.78, 5) is 14.1. The molecule has 0 bridgehead atoms. The van der Waals surface area contributed by atoms with Crippen molar-refractivity contribution in [2.24, 2.45) is 0 Å². The highest BCUT2D eigenvalue weighted by molar-refractivity contribution is 6.30. The number of aliphatic hydroxyl groups is 1. The van der Waals surface area contributed by atoms with E-state index >= 15 is 0 Å². The molecule has 0 aromatic heterocycles. The van der Waals surface area contributed by atoms with Crippen LogP contribution < -0.4 is 0 Å². The average molecular weight is 304 g/mol. The number of nitrogens with zero attached hydrogens (tertiary/aromatic N) is 1. The van der Waals surface area contributed by atoms with E-state index in [-0.39, 0.29) is 19.1 Å². The summed E-state index contributed by atoms with van der Waals surface area (Å²) in [5, 5.41) is 8.44. The first-order chi connectivity index (χ1) is 10.2. The first-order valence-corrected chi connectivity index (χ1v) is 7.28. The summed E-state index contributed by atoms with van der Waals surface area (Å²) in [6, 6.07) is 18.9. The SMILES string of the molecule is O=C(C(Cl)c1ccccc1)N(CCO)Cc1ccccc1. The Morgan fingerprint density at radius 2 is 1.62 bits per heavy atom. The van der Waals surface area contributed by atoms with Crippen molar-refractivity contribution in [1.29, 1.82) is 0 Å². The molecule has 0 saturated heterocycles. The van der Waals surface area contributed by atoms with E-state index in [0.717, 1.165) is 11.1 Å². The predicted octanol–water partition coefficient (Wildman–Crippen LogP) is 2.99. The molecule has 0 spiro atoms. The zero-order valence-electron chi connectivity index (χ0n) is 11.7. The molecule has 2 rings (SSSR count). The lowest BCUT2D eigenvalue weighted by molar-refractivity contribution is -0.132. The topological polar surface area (TPSA) is 40.5 Å². The Hall–Kier alpha value is -1.84. The van der Waals surface area contributed by atoms with Crippen molar-refractivity contribution < 1.29 is 9.90 Å². The Labute approximate surface area is 129 Å². The molecule has 0 aliphatic heterocycles. The van der Waals surface area contributed by atoms with E-state index in [1.165, 1.54) is 0 Å². The van der Waals surface area contributed by atoms with E-state index in [1.54, 1.807) is 4.90 Å². The molecule has 1 amide bonds. The number of rotatable bonds is 6. The molecule has 0 saturated carbocycles. The minimum atomic E-state index is -0.735. The molecular formula is C17H18ClNO2. The highest BCUT2D eigenvalue weighted by atomic mass is 35.5. The normalized spacial score (nSPS) is 11.9. The number of carbonyl (C=O) groups is 1. The van der Waals surface area contributed by atoms with E-state index in [4.69, 9.17) is 11.6 Å². The molecule has 0 heterocycles. The van der Waals surface area contributed by atoms with Crippen LogP contribution in [-0.2, 0) is 11.3 Å². The maximum Gasteiger partial charge on any atom is 0.245 e. The number of benzene rings is 2. The summed E-state index contributed by atoms with van der Waals surface area (Å²) in [5.74, 6) is -0.194. The van der Waals surface area contributed by atoms with Crippen LogP contribution in [0.2, 0.25) is 0 Å². The van der Waals surface area contributed by atoms with Crippen LogP contribution in [0.3, 0.4) is 0 Å². The molecule has 110 valence electrons. The second-order valence-corrected chi connectivity index (χ2v) is 5.18. The van der Waals surface area contributed by atoms with Gasteiger partial charge in [0.25, 0.3) is 0 Å². The highest BCUT2D eigenvalue weighted by Gasteiger charge is 2.23. The zero-order chi connectivity index (χ0) is 15.1. The lowest BCUT2D eigenvalue weighted by atomic mass is 10.1. The van der Waals surface area contributed by atoms with Gasteiger partial charge in [0.15, 0.2) is 0 Å². The van der Waals surface area contributed by atoms with Gasteiger partial charge in [0.2, 0.25) is 5.91 Å². The van der Waals surface area contributed by atoms with Crippen LogP contribution in [0, 0.1) is 0 Å². The first kappa shape index (κ1) is 15.5. The van der Waals surface area contributed by atoms with Gasteiger partial charge < -0.3 is 10.0 Å². The second-order valence-electron chi connectivity index (χ2n) is 4.74. The summed E-state index contributed by atoms with van der Waals surface area (Å²) in [6.07, 6.45) is 0. The Balaban J connectivity index is 2.12. The molecule has 2 aromatic carbocycles. The molecule has 0 radical (unpaired) electrons. The molecule has 21 heavy (non-hydrogen) atoms. The molecule has 4 heteroatoms. The van der Waals surface area contributed by atoms with E-state index in [0.29, 0.717) is 6.54 Å². The quantitative estimate of drug-likeness (QED) is 0.834. The lowest BCUT2D eigenvalue weighted by Crippen LogP contribution is -2.35. The number of halogens is 1. The fourth-order valence-electron chi connectivity index (χ4n) is 2.12. The molecule has 1 N–H and O–H groups in total. The van der Waals surface area contributed by atoms with Gasteiger partial charge in [-0.3, -0.25) is 4.79 Å². The summed E-state index contributed by atoms with van der Waals surface area (Å²) >= 11 is 6.28. The van der Waals surface area contributed by atoms with Gasteiger partial charge in [-0.15, -0.1) is 11.6 Å². The standard InChI is InChI=1S/C17H18ClNO2/c18-16(15-9-5-2-6-10-15)17(21)19(11-12-20)13-14-7-3-1-4-8-14/h1-10,16,20H,11-13H2. The number of hydrogen-bond acceptors (Lipinski definition) is 2. The van der Waals surface area contributed by atoms with Crippen molar-refractivity contribution in [3.8, 4) is 0 Å². The summed E-state index contributed by atoms with van der Waals surface area (Å²) in [7, 11) is 0. The van der Waals surface area contributed by atoms with Crippen LogP contribution in [0.15, 0.2) is 60.7 Å². The van der Waals surface area contributed by atoms with E-state index in [9.17, 15) is 9.90 Å². The molecule has 2 aromatic rings. The number of hydrogen-bond donors (Lipinski definition) is 1. The Bertz CT molecular complexity index is 560. The number of alkyl halides is 1. The van der Waals surface area contributed by atoms with E-state index in [1.807, 2.05) is 60.7 Å². The van der Waals surface area contributed by atoms with Crippen LogP contribution in [0.4, 0.5) is 0 Å². The first-order valence-electron chi connectivity index (χ1n) is 6.85. The predicted molar refractivity (Wildman–Crippen MR) is 84.0 cm³/mol. The second kappa shape index (κ2) is 7.81. The van der Waals surface area contributed by atoms with Gasteiger partial charge in [-0.25, -0.2) is 0 Å². The molecule has 0 aliphatic carbocycles. The fourth-order valence-corrected chi connectivity index (χ4v) is 2.40. The van der Waals surface area contributed by atoms with Gasteiger partial charge in [0.1, 0.15) is 5.38 Å². The van der Waals surface area contributed by atoms with E-state index in [2.05, 4.69) is 0 Å². The highest BCUT2D eigenvalue weighted by Crippen LogP contribution is 2.23. The maximum absolute atomic E-state index is 12.5. The summed E-state index contributed by atoms with van der Waals surface area (Å²) in [5.41, 5.74) is 1.77. The van der Waals surface area contributed by atoms with Gasteiger partial charge >= 0.3 is 0 Å². The third-order valence-electron chi connectivity index (χ3n) is 3.21. The summed E-state index contributed by atoms with van der Waals surface area (Å²) in [6.45, 7) is 0.622. The van der Waals surface area contributed by atoms with Gasteiger partial charge in [-0.2, -0.15) is 0 Å². The molecule has 1 unspecified atom stereocenters. The summed E-state index contributed by atoms with van der Waals surface area (Å²) < 4.78 is 0. The van der Waals surface area contributed by atoms with Gasteiger partial charge in [0.05, 0.1) is 6.61 Å². The minimum absolute atomic E-state index is 0.0863. The van der Waals surface area contributed by atoms with Crippen LogP contribution in [0.25, 0.3) is 0 Å². The number of amides is 1. The Morgan fingerprint density at radius 1 is 1.05 bits per heavy atom. The third-order valence-corrected chi connectivity index (χ3v) is 3.65. The monoisotopic (exact) mass is 303 g/mol. The van der Waals surface area contributed by atoms with Crippen molar-refractivity contribution in [2.45, 2.75) is 11.9 Å². The van der Waals surface area contributed by atoms with Crippen molar-refractivity contribution in [3.05, 3.63) is 71.8 Å². The molecule has 0 aliphatic rings. The van der Waals surface area contributed by atoms with Crippen LogP contribution in [-0.4, -0.2) is 29.1 Å². The number of aliphatic hydroxyl groups excluding tert-OH is 1. The van der Waals surface area contributed by atoms with Crippen molar-refractivity contribution >= 4 is 17.5 Å². The van der Waals surface area contributed by atoms with Crippen molar-refractivity contribution in [3.63, 3.8) is 0 Å². The average Bonchev–Trinajstić information content (AvgIpc) is 2.55. The maximum atomic E-state index is 12.5. The van der Waals surface area contributed by atoms with Gasteiger partial charge in [-0.05, 0) is 11.1 Å². The Kier molecular flexibility index (Phi) is 5.78. The number of carbonyl (C=O) groups excluding carboxylic acids is 1. The fraction of sp³-hybridized carbons (Fsp3) is 0.235. The van der Waals surface area contributed by atoms with Gasteiger partial charge in [-0.1, -0.05) is 60.7 Å². The van der Waals surface area contributed by atoms with Gasteiger partial charge in [0, 0.05) is 13.1 Å². The zero-order valence-corrected chi connectivity index (χ0v) is 12.4. The van der Waals surface area contributed by atoms with Crippen LogP contribution in [0.1, 0.15) is 16.5 Å².